The molecule has 1 aliphatic rings. The Labute approximate surface area is 163 Å². The Morgan fingerprint density at radius 3 is 2.54 bits per heavy atom. The zero-order valence-electron chi connectivity index (χ0n) is 14.3. The minimum absolute atomic E-state index is 0.0152. The molecule has 6 nitrogen and oxygen atoms in total. The number of benzene rings is 1. The molecule has 0 N–H and O–H groups in total. The first-order valence-electron chi connectivity index (χ1n) is 7.78. The van der Waals surface area contributed by atoms with E-state index in [1.807, 2.05) is 0 Å². The SMILES string of the molecule is CSC(=O)OC1=C(c2ccccc2F)S(=O)(=O)N(CC(F)F)c2ncccc21. The van der Waals surface area contributed by atoms with Gasteiger partial charge in [-0.2, -0.15) is 0 Å². The predicted octanol–water partition coefficient (Wildman–Crippen LogP) is 3.96. The number of aromatic nitrogens is 1. The van der Waals surface area contributed by atoms with E-state index >= 15 is 0 Å². The summed E-state index contributed by atoms with van der Waals surface area (Å²) in [5.74, 6) is -1.70. The quantitative estimate of drug-likeness (QED) is 0.684. The van der Waals surface area contributed by atoms with Crippen molar-refractivity contribution < 1.29 is 31.1 Å². The summed E-state index contributed by atoms with van der Waals surface area (Å²) in [5.41, 5.74) is -0.418. The molecule has 0 fully saturated rings. The highest BCUT2D eigenvalue weighted by atomic mass is 32.2. The molecule has 0 spiro atoms. The maximum absolute atomic E-state index is 14.4. The van der Waals surface area contributed by atoms with E-state index in [9.17, 15) is 26.4 Å². The molecular formula is C17H13F3N2O4S2. The van der Waals surface area contributed by atoms with Crippen LogP contribution in [0.25, 0.3) is 10.7 Å². The zero-order chi connectivity index (χ0) is 20.5. The number of anilines is 1. The number of carbonyl (C=O) groups is 1. The number of sulfonamides is 1. The van der Waals surface area contributed by atoms with Crippen molar-refractivity contribution in [1.29, 1.82) is 0 Å². The molecule has 2 heterocycles. The second kappa shape index (κ2) is 7.84. The Bertz CT molecular complexity index is 1060. The van der Waals surface area contributed by atoms with Crippen LogP contribution in [0.3, 0.4) is 0 Å². The van der Waals surface area contributed by atoms with Gasteiger partial charge in [0.25, 0.3) is 16.4 Å². The Balaban J connectivity index is 2.39. The molecule has 0 aliphatic carbocycles. The molecule has 1 aromatic heterocycles. The Morgan fingerprint density at radius 2 is 1.89 bits per heavy atom. The summed E-state index contributed by atoms with van der Waals surface area (Å²) in [6.07, 6.45) is -0.382. The second-order valence-corrected chi connectivity index (χ2v) is 8.04. The zero-order valence-corrected chi connectivity index (χ0v) is 15.9. The van der Waals surface area contributed by atoms with Crippen LogP contribution in [0.5, 0.6) is 0 Å². The second-order valence-electron chi connectivity index (χ2n) is 5.50. The van der Waals surface area contributed by atoms with Gasteiger partial charge in [0, 0.05) is 11.8 Å². The van der Waals surface area contributed by atoms with Gasteiger partial charge in [0.2, 0.25) is 0 Å². The number of halogens is 3. The maximum atomic E-state index is 14.4. The minimum Gasteiger partial charge on any atom is -0.416 e. The average molecular weight is 430 g/mol. The summed E-state index contributed by atoms with van der Waals surface area (Å²) in [5, 5.41) is -0.851. The highest BCUT2D eigenvalue weighted by Crippen LogP contribution is 2.44. The van der Waals surface area contributed by atoms with Crippen molar-refractivity contribution >= 4 is 43.6 Å². The third-order valence-corrected chi connectivity index (χ3v) is 6.04. The number of ether oxygens (including phenoxy) is 1. The molecule has 0 unspecified atom stereocenters. The lowest BCUT2D eigenvalue weighted by atomic mass is 10.1. The Hall–Kier alpha value is -2.53. The molecule has 148 valence electrons. The standard InChI is InChI=1S/C17H13F3N2O4S2/c1-27-17(23)26-14-11-6-4-8-21-16(11)22(9-13(19)20)28(24,25)15(14)10-5-2-3-7-12(10)18/h2-8,13H,9H2,1H3. The first-order valence-corrected chi connectivity index (χ1v) is 10.4. The van der Waals surface area contributed by atoms with Gasteiger partial charge in [0.05, 0.1) is 12.1 Å². The molecule has 0 atom stereocenters. The van der Waals surface area contributed by atoms with E-state index in [2.05, 4.69) is 4.98 Å². The lowest BCUT2D eigenvalue weighted by Crippen LogP contribution is -2.39. The molecule has 28 heavy (non-hydrogen) atoms. The summed E-state index contributed by atoms with van der Waals surface area (Å²) in [6, 6.07) is 7.68. The van der Waals surface area contributed by atoms with Crippen LogP contribution in [0, 0.1) is 5.82 Å². The van der Waals surface area contributed by atoms with Gasteiger partial charge in [-0.25, -0.2) is 35.7 Å². The lowest BCUT2D eigenvalue weighted by Gasteiger charge is -2.31. The van der Waals surface area contributed by atoms with E-state index < -0.39 is 50.3 Å². The first-order chi connectivity index (χ1) is 13.3. The van der Waals surface area contributed by atoms with Crippen LogP contribution in [-0.4, -0.2) is 37.9 Å². The summed E-state index contributed by atoms with van der Waals surface area (Å²) < 4.78 is 72.6. The third-order valence-electron chi connectivity index (χ3n) is 3.80. The molecule has 0 saturated heterocycles. The number of rotatable bonds is 4. The van der Waals surface area contributed by atoms with Crippen molar-refractivity contribution in [3.8, 4) is 0 Å². The third kappa shape index (κ3) is 3.59. The van der Waals surface area contributed by atoms with Crippen molar-refractivity contribution in [2.45, 2.75) is 6.43 Å². The molecule has 1 aliphatic heterocycles. The number of pyridine rings is 1. The van der Waals surface area contributed by atoms with E-state index in [1.165, 1.54) is 36.7 Å². The van der Waals surface area contributed by atoms with Crippen molar-refractivity contribution in [3.05, 3.63) is 59.5 Å². The molecule has 3 rings (SSSR count). The molecule has 2 aromatic rings. The number of nitrogens with zero attached hydrogens (tertiary/aromatic N) is 2. The molecule has 0 saturated carbocycles. The first kappa shape index (κ1) is 20.2. The number of hydrogen-bond donors (Lipinski definition) is 0. The molecule has 0 radical (unpaired) electrons. The summed E-state index contributed by atoms with van der Waals surface area (Å²) >= 11 is 0.668. The van der Waals surface area contributed by atoms with E-state index in [0.717, 1.165) is 12.1 Å². The van der Waals surface area contributed by atoms with Crippen molar-refractivity contribution in [1.82, 2.24) is 4.98 Å². The topological polar surface area (TPSA) is 76.6 Å². The fourth-order valence-electron chi connectivity index (χ4n) is 2.68. The van der Waals surface area contributed by atoms with Gasteiger partial charge >= 0.3 is 5.30 Å². The number of carbonyl (C=O) groups excluding carboxylic acids is 1. The molecule has 11 heteroatoms. The van der Waals surface area contributed by atoms with Crippen LogP contribution in [0.4, 0.5) is 23.8 Å². The summed E-state index contributed by atoms with van der Waals surface area (Å²) in [7, 11) is -4.71. The van der Waals surface area contributed by atoms with Crippen molar-refractivity contribution in [2.24, 2.45) is 0 Å². The van der Waals surface area contributed by atoms with Crippen molar-refractivity contribution in [2.75, 3.05) is 17.1 Å². The number of fused-ring (bicyclic) bond motifs is 1. The largest absolute Gasteiger partial charge is 0.416 e. The van der Waals surface area contributed by atoms with Crippen LogP contribution in [0.15, 0.2) is 42.6 Å². The number of alkyl halides is 2. The van der Waals surface area contributed by atoms with Crippen LogP contribution in [0.2, 0.25) is 0 Å². The van der Waals surface area contributed by atoms with Crippen molar-refractivity contribution in [3.63, 3.8) is 0 Å². The normalized spacial score (nSPS) is 15.5. The molecule has 0 amide bonds. The number of hydrogen-bond acceptors (Lipinski definition) is 6. The highest BCUT2D eigenvalue weighted by Gasteiger charge is 2.42. The van der Waals surface area contributed by atoms with Crippen LogP contribution in [0.1, 0.15) is 11.1 Å². The molecular weight excluding hydrogens is 417 g/mol. The van der Waals surface area contributed by atoms with E-state index in [-0.39, 0.29) is 11.4 Å². The lowest BCUT2D eigenvalue weighted by molar-refractivity contribution is 0.159. The van der Waals surface area contributed by atoms with E-state index in [4.69, 9.17) is 4.74 Å². The van der Waals surface area contributed by atoms with Crippen LogP contribution >= 0.6 is 11.8 Å². The van der Waals surface area contributed by atoms with Gasteiger partial charge in [0.15, 0.2) is 11.6 Å². The molecule has 0 bridgehead atoms. The Morgan fingerprint density at radius 1 is 1.21 bits per heavy atom. The van der Waals surface area contributed by atoms with Gasteiger partial charge in [0.1, 0.15) is 10.7 Å². The predicted molar refractivity (Wildman–Crippen MR) is 99.7 cm³/mol. The van der Waals surface area contributed by atoms with Gasteiger partial charge < -0.3 is 4.74 Å². The van der Waals surface area contributed by atoms with Crippen LogP contribution in [-0.2, 0) is 14.8 Å². The van der Waals surface area contributed by atoms with Crippen LogP contribution < -0.4 is 4.31 Å². The van der Waals surface area contributed by atoms with E-state index in [0.29, 0.717) is 16.1 Å². The smallest absolute Gasteiger partial charge is 0.372 e. The summed E-state index contributed by atoms with van der Waals surface area (Å²) in [6.45, 7) is -1.19. The fraction of sp³-hybridized carbons (Fsp3) is 0.176. The van der Waals surface area contributed by atoms with Gasteiger partial charge in [-0.05, 0) is 36.2 Å². The van der Waals surface area contributed by atoms with Gasteiger partial charge in [-0.15, -0.1) is 0 Å². The maximum Gasteiger partial charge on any atom is 0.372 e. The highest BCUT2D eigenvalue weighted by molar-refractivity contribution is 8.12. The van der Waals surface area contributed by atoms with Gasteiger partial charge in [-0.1, -0.05) is 18.2 Å². The monoisotopic (exact) mass is 430 g/mol. The van der Waals surface area contributed by atoms with Gasteiger partial charge in [-0.3, -0.25) is 0 Å². The Kier molecular flexibility index (Phi) is 5.66. The van der Waals surface area contributed by atoms with E-state index in [1.54, 1.807) is 0 Å². The number of thioether (sulfide) groups is 1. The average Bonchev–Trinajstić information content (AvgIpc) is 2.65. The molecule has 1 aromatic carbocycles. The fourth-order valence-corrected chi connectivity index (χ4v) is 4.58. The summed E-state index contributed by atoms with van der Waals surface area (Å²) in [4.78, 5) is 15.0. The minimum atomic E-state index is -4.71.